The van der Waals surface area contributed by atoms with Crippen molar-refractivity contribution in [3.05, 3.63) is 51.6 Å². The van der Waals surface area contributed by atoms with E-state index in [0.29, 0.717) is 12.2 Å². The first-order chi connectivity index (χ1) is 14.4. The molecule has 1 fully saturated rings. The molecule has 0 aliphatic carbocycles. The van der Waals surface area contributed by atoms with Crippen LogP contribution in [0.25, 0.3) is 12.2 Å². The minimum atomic E-state index is -0.456. The van der Waals surface area contributed by atoms with Crippen LogP contribution < -0.4 is 5.32 Å². The van der Waals surface area contributed by atoms with Gasteiger partial charge < -0.3 is 10.2 Å². The largest absolute Gasteiger partial charge is 0.339 e. The highest BCUT2D eigenvalue weighted by Gasteiger charge is 2.34. The third-order valence-electron chi connectivity index (χ3n) is 5.63. The summed E-state index contributed by atoms with van der Waals surface area (Å²) in [5.41, 5.74) is 5.61. The summed E-state index contributed by atoms with van der Waals surface area (Å²) in [6, 6.07) is 2.00. The van der Waals surface area contributed by atoms with Gasteiger partial charge in [0.15, 0.2) is 0 Å². The lowest BCUT2D eigenvalue weighted by atomic mass is 9.82. The molecule has 0 bridgehead atoms. The Morgan fingerprint density at radius 2 is 2.13 bits per heavy atom. The zero-order valence-electron chi connectivity index (χ0n) is 17.4. The molecule has 0 spiro atoms. The molecule has 0 radical (unpaired) electrons. The maximum absolute atomic E-state index is 12.7. The number of hydrogen-bond acceptors (Lipinski definition) is 5. The highest BCUT2D eigenvalue weighted by atomic mass is 32.1. The molecular weight excluding hydrogens is 396 g/mol. The lowest BCUT2D eigenvalue weighted by Gasteiger charge is -2.29. The Balaban J connectivity index is 1.40. The Hall–Kier alpha value is -2.80. The third kappa shape index (κ3) is 4.67. The number of aromatic nitrogens is 2. The Kier molecular flexibility index (Phi) is 5.81. The van der Waals surface area contributed by atoms with Crippen LogP contribution in [-0.2, 0) is 16.0 Å². The lowest BCUT2D eigenvalue weighted by molar-refractivity contribution is -0.126. The first kappa shape index (κ1) is 20.5. The summed E-state index contributed by atoms with van der Waals surface area (Å²) in [7, 11) is 0. The van der Waals surface area contributed by atoms with Gasteiger partial charge in [-0.15, -0.1) is 11.3 Å². The van der Waals surface area contributed by atoms with Crippen LogP contribution >= 0.6 is 11.3 Å². The number of likely N-dealkylation sites (tertiary alicyclic amines) is 1. The Bertz CT molecular complexity index is 1010. The van der Waals surface area contributed by atoms with Crippen LogP contribution in [0.1, 0.15) is 49.9 Å². The van der Waals surface area contributed by atoms with Crippen molar-refractivity contribution in [1.29, 1.82) is 0 Å². The zero-order chi connectivity index (χ0) is 21.1. The standard InChI is InChI=1S/C23H26N4O2S/c1-23(2)12-18-10-17(13-24-21(18)26-22(23)29)5-6-20(28)27-8-3-4-16(7-9-27)11-19-14-30-15-25-19/h5-6,10-11,13-15H,3-4,7-9,12H2,1-2H3,(H,24,26,29)/b6-5?,16-11-. The van der Waals surface area contributed by atoms with Gasteiger partial charge in [0.25, 0.3) is 0 Å². The fourth-order valence-electron chi connectivity index (χ4n) is 3.85. The number of pyridine rings is 1. The van der Waals surface area contributed by atoms with Gasteiger partial charge in [-0.05, 0) is 55.0 Å². The van der Waals surface area contributed by atoms with Gasteiger partial charge in [0.1, 0.15) is 5.82 Å². The van der Waals surface area contributed by atoms with Crippen LogP contribution in [0.2, 0.25) is 0 Å². The summed E-state index contributed by atoms with van der Waals surface area (Å²) >= 11 is 1.60. The molecular formula is C23H26N4O2S. The minimum absolute atomic E-state index is 0.00895. The van der Waals surface area contributed by atoms with E-state index in [1.807, 2.05) is 41.8 Å². The molecule has 2 amide bonds. The van der Waals surface area contributed by atoms with E-state index >= 15 is 0 Å². The van der Waals surface area contributed by atoms with Crippen LogP contribution in [-0.4, -0.2) is 39.8 Å². The summed E-state index contributed by atoms with van der Waals surface area (Å²) in [6.45, 7) is 5.34. The quantitative estimate of drug-likeness (QED) is 0.754. The molecule has 4 rings (SSSR count). The Labute approximate surface area is 180 Å². The van der Waals surface area contributed by atoms with Gasteiger partial charge in [-0.3, -0.25) is 9.59 Å². The van der Waals surface area contributed by atoms with Crippen molar-refractivity contribution in [3.63, 3.8) is 0 Å². The molecule has 2 aromatic heterocycles. The topological polar surface area (TPSA) is 75.2 Å². The fourth-order valence-corrected chi connectivity index (χ4v) is 4.36. The molecule has 2 aromatic rings. The van der Waals surface area contributed by atoms with E-state index in [4.69, 9.17) is 0 Å². The van der Waals surface area contributed by atoms with E-state index in [2.05, 4.69) is 21.4 Å². The maximum atomic E-state index is 12.7. The zero-order valence-corrected chi connectivity index (χ0v) is 18.2. The SMILES string of the molecule is CC1(C)Cc2cc(C=CC(=O)N3CCC/C(=C/c4cscn4)CC3)cnc2NC1=O. The average molecular weight is 423 g/mol. The Morgan fingerprint density at radius 3 is 2.93 bits per heavy atom. The second-order valence-corrected chi connectivity index (χ2v) is 9.24. The average Bonchev–Trinajstić information content (AvgIpc) is 3.11. The van der Waals surface area contributed by atoms with Gasteiger partial charge in [-0.25, -0.2) is 9.97 Å². The highest BCUT2D eigenvalue weighted by Crippen LogP contribution is 2.32. The molecule has 0 saturated carbocycles. The van der Waals surface area contributed by atoms with Gasteiger partial charge in [-0.1, -0.05) is 19.4 Å². The maximum Gasteiger partial charge on any atom is 0.246 e. The van der Waals surface area contributed by atoms with Crippen molar-refractivity contribution in [2.75, 3.05) is 18.4 Å². The lowest BCUT2D eigenvalue weighted by Crippen LogP contribution is -2.37. The van der Waals surface area contributed by atoms with Gasteiger partial charge in [-0.2, -0.15) is 0 Å². The molecule has 30 heavy (non-hydrogen) atoms. The smallest absolute Gasteiger partial charge is 0.246 e. The number of carbonyl (C=O) groups is 2. The molecule has 4 heterocycles. The molecule has 6 nitrogen and oxygen atoms in total. The van der Waals surface area contributed by atoms with Crippen LogP contribution in [0.4, 0.5) is 5.82 Å². The third-order valence-corrected chi connectivity index (χ3v) is 6.23. The molecule has 0 unspecified atom stereocenters. The minimum Gasteiger partial charge on any atom is -0.339 e. The molecule has 2 aliphatic heterocycles. The number of anilines is 1. The number of nitrogens with one attached hydrogen (secondary N) is 1. The molecule has 0 aromatic carbocycles. The molecule has 2 aliphatic rings. The van der Waals surface area contributed by atoms with E-state index < -0.39 is 5.41 Å². The summed E-state index contributed by atoms with van der Waals surface area (Å²) < 4.78 is 0. The van der Waals surface area contributed by atoms with E-state index in [1.54, 1.807) is 23.6 Å². The highest BCUT2D eigenvalue weighted by molar-refractivity contribution is 7.07. The molecule has 7 heteroatoms. The van der Waals surface area contributed by atoms with Crippen LogP contribution in [0.3, 0.4) is 0 Å². The predicted molar refractivity (Wildman–Crippen MR) is 120 cm³/mol. The monoisotopic (exact) mass is 422 g/mol. The summed E-state index contributed by atoms with van der Waals surface area (Å²) in [5, 5.41) is 4.91. The Morgan fingerprint density at radius 1 is 1.27 bits per heavy atom. The van der Waals surface area contributed by atoms with Gasteiger partial charge >= 0.3 is 0 Å². The number of carbonyl (C=O) groups excluding carboxylic acids is 2. The predicted octanol–water partition coefficient (Wildman–Crippen LogP) is 4.17. The number of hydrogen-bond donors (Lipinski definition) is 1. The van der Waals surface area contributed by atoms with Gasteiger partial charge in [0.05, 0.1) is 11.2 Å². The number of fused-ring (bicyclic) bond motifs is 1. The van der Waals surface area contributed by atoms with Crippen molar-refractivity contribution in [2.45, 2.75) is 39.5 Å². The second-order valence-electron chi connectivity index (χ2n) is 8.52. The summed E-state index contributed by atoms with van der Waals surface area (Å²) in [6.07, 6.45) is 10.8. The second kappa shape index (κ2) is 8.52. The summed E-state index contributed by atoms with van der Waals surface area (Å²) in [5.74, 6) is 0.636. The van der Waals surface area contributed by atoms with Crippen LogP contribution in [0.5, 0.6) is 0 Å². The molecule has 156 valence electrons. The number of amides is 2. The summed E-state index contributed by atoms with van der Waals surface area (Å²) in [4.78, 5) is 35.4. The number of rotatable bonds is 3. The van der Waals surface area contributed by atoms with E-state index in [-0.39, 0.29) is 11.8 Å². The number of nitrogens with zero attached hydrogens (tertiary/aromatic N) is 3. The molecule has 1 saturated heterocycles. The van der Waals surface area contributed by atoms with Gasteiger partial charge in [0.2, 0.25) is 11.8 Å². The first-order valence-electron chi connectivity index (χ1n) is 10.3. The molecule has 1 N–H and O–H groups in total. The normalized spacial score (nSPS) is 20.1. The van der Waals surface area contributed by atoms with Crippen molar-refractivity contribution in [3.8, 4) is 0 Å². The van der Waals surface area contributed by atoms with Crippen molar-refractivity contribution >= 4 is 41.1 Å². The number of thiazole rings is 1. The van der Waals surface area contributed by atoms with Crippen molar-refractivity contribution in [2.24, 2.45) is 5.41 Å². The van der Waals surface area contributed by atoms with Gasteiger partial charge in [0, 0.05) is 36.2 Å². The first-order valence-corrected chi connectivity index (χ1v) is 11.2. The van der Waals surface area contributed by atoms with E-state index in [0.717, 1.165) is 49.2 Å². The molecule has 0 atom stereocenters. The van der Waals surface area contributed by atoms with Crippen LogP contribution in [0.15, 0.2) is 34.8 Å². The van der Waals surface area contributed by atoms with Crippen LogP contribution in [0, 0.1) is 5.41 Å². The van der Waals surface area contributed by atoms with E-state index in [1.165, 1.54) is 5.57 Å². The fraction of sp³-hybridized carbons (Fsp3) is 0.391. The van der Waals surface area contributed by atoms with E-state index in [9.17, 15) is 9.59 Å². The van der Waals surface area contributed by atoms with Crippen molar-refractivity contribution in [1.82, 2.24) is 14.9 Å². The van der Waals surface area contributed by atoms with Crippen molar-refractivity contribution < 1.29 is 9.59 Å².